The summed E-state index contributed by atoms with van der Waals surface area (Å²) in [6.07, 6.45) is 0.496. The molecular formula is C11H15O3S. The monoisotopic (exact) mass is 227 g/mol. The summed E-state index contributed by atoms with van der Waals surface area (Å²) in [5, 5.41) is 0. The van der Waals surface area contributed by atoms with E-state index in [1.807, 2.05) is 6.92 Å². The maximum Gasteiger partial charge on any atom is 0.181 e. The molecule has 83 valence electrons. The van der Waals surface area contributed by atoms with Crippen LogP contribution >= 0.6 is 0 Å². The summed E-state index contributed by atoms with van der Waals surface area (Å²) in [4.78, 5) is 0.338. The van der Waals surface area contributed by atoms with Crippen molar-refractivity contribution < 1.29 is 13.2 Å². The quantitative estimate of drug-likeness (QED) is 0.789. The largest absolute Gasteiger partial charge is 0.374 e. The highest BCUT2D eigenvalue weighted by atomic mass is 32.2. The summed E-state index contributed by atoms with van der Waals surface area (Å²) in [5.41, 5.74) is 1.04. The highest BCUT2D eigenvalue weighted by Crippen LogP contribution is 2.15. The van der Waals surface area contributed by atoms with Crippen molar-refractivity contribution in [2.24, 2.45) is 0 Å². The zero-order valence-corrected chi connectivity index (χ0v) is 9.97. The third-order valence-corrected chi connectivity index (χ3v) is 3.90. The smallest absolute Gasteiger partial charge is 0.181 e. The molecule has 0 aliphatic rings. The van der Waals surface area contributed by atoms with E-state index >= 15 is 0 Å². The van der Waals surface area contributed by atoms with Crippen LogP contribution in [0, 0.1) is 13.0 Å². The molecule has 0 aromatic heterocycles. The van der Waals surface area contributed by atoms with E-state index < -0.39 is 9.84 Å². The molecule has 1 rings (SSSR count). The number of hydrogen-bond acceptors (Lipinski definition) is 3. The minimum atomic E-state index is -3.25. The van der Waals surface area contributed by atoms with Gasteiger partial charge in [-0.25, -0.2) is 8.42 Å². The van der Waals surface area contributed by atoms with Gasteiger partial charge in [0, 0.05) is 7.11 Å². The fourth-order valence-corrected chi connectivity index (χ4v) is 2.53. The molecule has 0 unspecified atom stereocenters. The van der Waals surface area contributed by atoms with Gasteiger partial charge in [0.2, 0.25) is 0 Å². The molecule has 15 heavy (non-hydrogen) atoms. The number of aryl methyl sites for hydroxylation is 1. The molecule has 4 heteroatoms. The molecule has 0 amide bonds. The van der Waals surface area contributed by atoms with Crippen LogP contribution < -0.4 is 0 Å². The molecule has 0 spiro atoms. The normalized spacial score (nSPS) is 12.0. The van der Waals surface area contributed by atoms with Crippen LogP contribution in [0.15, 0.2) is 29.2 Å². The molecule has 1 radical (unpaired) electrons. The van der Waals surface area contributed by atoms with Crippen molar-refractivity contribution in [1.29, 1.82) is 0 Å². The first-order valence-electron chi connectivity index (χ1n) is 4.61. The van der Waals surface area contributed by atoms with Gasteiger partial charge < -0.3 is 4.74 Å². The van der Waals surface area contributed by atoms with Gasteiger partial charge in [-0.2, -0.15) is 0 Å². The van der Waals surface area contributed by atoms with Crippen molar-refractivity contribution >= 4 is 9.84 Å². The number of sulfone groups is 1. The van der Waals surface area contributed by atoms with E-state index in [2.05, 4.69) is 0 Å². The highest BCUT2D eigenvalue weighted by molar-refractivity contribution is 7.91. The van der Waals surface area contributed by atoms with E-state index in [0.717, 1.165) is 5.56 Å². The highest BCUT2D eigenvalue weighted by Gasteiger charge is 2.18. The Morgan fingerprint density at radius 2 is 1.80 bits per heavy atom. The lowest BCUT2D eigenvalue weighted by Crippen LogP contribution is -2.13. The topological polar surface area (TPSA) is 43.4 Å². The molecule has 0 bridgehead atoms. The van der Waals surface area contributed by atoms with Gasteiger partial charge in [0.05, 0.1) is 10.6 Å². The maximum atomic E-state index is 11.8. The number of methoxy groups -OCH3 is 1. The molecule has 3 nitrogen and oxygen atoms in total. The fourth-order valence-electron chi connectivity index (χ4n) is 1.16. The number of rotatable bonds is 4. The Bertz CT molecular complexity index is 406. The Morgan fingerprint density at radius 3 is 2.27 bits per heavy atom. The zero-order chi connectivity index (χ0) is 11.5. The molecule has 0 aliphatic carbocycles. The van der Waals surface area contributed by atoms with Crippen molar-refractivity contribution in [3.63, 3.8) is 0 Å². The summed E-state index contributed by atoms with van der Waals surface area (Å²) in [6, 6.07) is 6.81. The SMILES string of the molecule is CO[C](C)CS(=O)(=O)c1ccc(C)cc1. The van der Waals surface area contributed by atoms with Gasteiger partial charge in [-0.05, 0) is 26.0 Å². The Morgan fingerprint density at radius 1 is 1.27 bits per heavy atom. The summed E-state index contributed by atoms with van der Waals surface area (Å²) in [6.45, 7) is 3.58. The molecule has 0 atom stereocenters. The van der Waals surface area contributed by atoms with E-state index in [4.69, 9.17) is 4.74 Å². The predicted molar refractivity (Wildman–Crippen MR) is 59.2 cm³/mol. The molecule has 0 saturated carbocycles. The van der Waals surface area contributed by atoms with Crippen molar-refractivity contribution in [1.82, 2.24) is 0 Å². The predicted octanol–water partition coefficient (Wildman–Crippen LogP) is 1.97. The molecule has 1 aromatic rings. The number of ether oxygens (including phenoxy) is 1. The maximum absolute atomic E-state index is 11.8. The lowest BCUT2D eigenvalue weighted by atomic mass is 10.2. The summed E-state index contributed by atoms with van der Waals surface area (Å²) in [7, 11) is -1.78. The number of benzene rings is 1. The van der Waals surface area contributed by atoms with Crippen LogP contribution in [0.25, 0.3) is 0 Å². The fraction of sp³-hybridized carbons (Fsp3) is 0.364. The molecule has 0 fully saturated rings. The third kappa shape index (κ3) is 3.32. The van der Waals surface area contributed by atoms with E-state index in [1.165, 1.54) is 7.11 Å². The first-order chi connectivity index (χ1) is 6.95. The molecule has 0 aliphatic heterocycles. The van der Waals surface area contributed by atoms with Gasteiger partial charge in [0.25, 0.3) is 0 Å². The first-order valence-corrected chi connectivity index (χ1v) is 6.27. The summed E-state index contributed by atoms with van der Waals surface area (Å²) in [5.74, 6) is -0.0629. The molecule has 0 heterocycles. The second-order valence-electron chi connectivity index (χ2n) is 3.48. The van der Waals surface area contributed by atoms with Gasteiger partial charge >= 0.3 is 0 Å². The minimum Gasteiger partial charge on any atom is -0.374 e. The number of hydrogen-bond donors (Lipinski definition) is 0. The standard InChI is InChI=1S/C11H15O3S/c1-9-4-6-11(7-5-9)15(12,13)8-10(2)14-3/h4-7H,8H2,1-3H3. The Hall–Kier alpha value is -0.870. The zero-order valence-electron chi connectivity index (χ0n) is 9.15. The van der Waals surface area contributed by atoms with Crippen molar-refractivity contribution in [2.75, 3.05) is 12.9 Å². The summed E-state index contributed by atoms with van der Waals surface area (Å²) < 4.78 is 28.5. The van der Waals surface area contributed by atoms with Gasteiger partial charge in [-0.1, -0.05) is 17.7 Å². The Balaban J connectivity index is 2.91. The Kier molecular flexibility index (Phi) is 3.88. The average molecular weight is 227 g/mol. The molecule has 1 aromatic carbocycles. The minimum absolute atomic E-state index is 0.0629. The van der Waals surface area contributed by atoms with Crippen LogP contribution in [-0.4, -0.2) is 21.3 Å². The second kappa shape index (κ2) is 4.77. The van der Waals surface area contributed by atoms with Crippen LogP contribution in [0.5, 0.6) is 0 Å². The van der Waals surface area contributed by atoms with Crippen LogP contribution in [-0.2, 0) is 14.6 Å². The van der Waals surface area contributed by atoms with E-state index in [9.17, 15) is 8.42 Å². The first kappa shape index (κ1) is 12.2. The Labute approximate surface area is 91.0 Å². The average Bonchev–Trinajstić information content (AvgIpc) is 2.17. The lowest BCUT2D eigenvalue weighted by Gasteiger charge is -2.09. The van der Waals surface area contributed by atoms with Gasteiger partial charge in [-0.3, -0.25) is 0 Å². The van der Waals surface area contributed by atoms with E-state index in [0.29, 0.717) is 11.0 Å². The molecular weight excluding hydrogens is 212 g/mol. The van der Waals surface area contributed by atoms with Crippen molar-refractivity contribution in [2.45, 2.75) is 18.7 Å². The molecule has 0 saturated heterocycles. The van der Waals surface area contributed by atoms with Crippen LogP contribution in [0.1, 0.15) is 12.5 Å². The molecule has 0 N–H and O–H groups in total. The van der Waals surface area contributed by atoms with E-state index in [1.54, 1.807) is 31.2 Å². The van der Waals surface area contributed by atoms with Crippen molar-refractivity contribution in [3.05, 3.63) is 35.9 Å². The van der Waals surface area contributed by atoms with Gasteiger partial charge in [-0.15, -0.1) is 0 Å². The van der Waals surface area contributed by atoms with Crippen LogP contribution in [0.4, 0.5) is 0 Å². The van der Waals surface area contributed by atoms with Crippen molar-refractivity contribution in [3.8, 4) is 0 Å². The lowest BCUT2D eigenvalue weighted by molar-refractivity contribution is 0.225. The van der Waals surface area contributed by atoms with Crippen LogP contribution in [0.3, 0.4) is 0 Å². The van der Waals surface area contributed by atoms with Gasteiger partial charge in [0.15, 0.2) is 9.84 Å². The van der Waals surface area contributed by atoms with Crippen LogP contribution in [0.2, 0.25) is 0 Å². The third-order valence-electron chi connectivity index (χ3n) is 2.12. The second-order valence-corrected chi connectivity index (χ2v) is 5.47. The van der Waals surface area contributed by atoms with E-state index in [-0.39, 0.29) is 5.75 Å². The van der Waals surface area contributed by atoms with Gasteiger partial charge in [0.1, 0.15) is 6.10 Å². The summed E-state index contributed by atoms with van der Waals surface area (Å²) >= 11 is 0.